The summed E-state index contributed by atoms with van der Waals surface area (Å²) < 4.78 is 10.7. The fourth-order valence-corrected chi connectivity index (χ4v) is 2.91. The highest BCUT2D eigenvalue weighted by Crippen LogP contribution is 2.20. The number of ketones is 1. The van der Waals surface area contributed by atoms with Crippen LogP contribution in [0.15, 0.2) is 36.4 Å². The number of Topliss-reactive ketones (excluding diaryl/α,β-unsaturated/α-hetero) is 1. The average Bonchev–Trinajstić information content (AvgIpc) is 2.98. The zero-order chi connectivity index (χ0) is 16.7. The third-order valence-electron chi connectivity index (χ3n) is 3.23. The molecule has 0 atom stereocenters. The van der Waals surface area contributed by atoms with Gasteiger partial charge < -0.3 is 9.47 Å². The Morgan fingerprint density at radius 3 is 2.57 bits per heavy atom. The molecule has 0 amide bonds. The van der Waals surface area contributed by atoms with E-state index in [0.717, 1.165) is 10.4 Å². The van der Waals surface area contributed by atoms with Crippen molar-refractivity contribution in [3.63, 3.8) is 0 Å². The molecule has 0 unspecified atom stereocenters. The molecule has 0 aliphatic rings. The number of benzene rings is 1. The van der Waals surface area contributed by atoms with Crippen LogP contribution in [0.5, 0.6) is 5.75 Å². The van der Waals surface area contributed by atoms with Crippen molar-refractivity contribution in [2.45, 2.75) is 33.3 Å². The van der Waals surface area contributed by atoms with E-state index in [1.54, 1.807) is 6.07 Å². The molecule has 0 aliphatic carbocycles. The van der Waals surface area contributed by atoms with Crippen molar-refractivity contribution in [3.8, 4) is 5.75 Å². The molecule has 0 fully saturated rings. The molecule has 23 heavy (non-hydrogen) atoms. The van der Waals surface area contributed by atoms with Crippen molar-refractivity contribution in [1.82, 2.24) is 0 Å². The topological polar surface area (TPSA) is 52.6 Å². The third kappa shape index (κ3) is 5.21. The van der Waals surface area contributed by atoms with E-state index in [9.17, 15) is 9.59 Å². The summed E-state index contributed by atoms with van der Waals surface area (Å²) >= 11 is 1.45. The first-order chi connectivity index (χ1) is 11.1. The second kappa shape index (κ2) is 8.48. The molecule has 0 N–H and O–H groups in total. The Morgan fingerprint density at radius 2 is 1.87 bits per heavy atom. The first-order valence-electron chi connectivity index (χ1n) is 7.56. The molecule has 0 saturated heterocycles. The molecule has 4 nitrogen and oxygen atoms in total. The Kier molecular flexibility index (Phi) is 6.35. The second-order valence-electron chi connectivity index (χ2n) is 5.03. The van der Waals surface area contributed by atoms with E-state index in [2.05, 4.69) is 0 Å². The van der Waals surface area contributed by atoms with E-state index < -0.39 is 0 Å². The Morgan fingerprint density at radius 1 is 1.09 bits per heavy atom. The number of hydrogen-bond donors (Lipinski definition) is 0. The maximum absolute atomic E-state index is 12.0. The van der Waals surface area contributed by atoms with Crippen LogP contribution < -0.4 is 4.74 Å². The highest BCUT2D eigenvalue weighted by Gasteiger charge is 2.12. The molecule has 1 aromatic carbocycles. The van der Waals surface area contributed by atoms with Crippen molar-refractivity contribution in [1.29, 1.82) is 0 Å². The predicted molar refractivity (Wildman–Crippen MR) is 90.0 cm³/mol. The summed E-state index contributed by atoms with van der Waals surface area (Å²) in [6.07, 6.45) is 0.262. The van der Waals surface area contributed by atoms with Crippen LogP contribution in [0.1, 0.15) is 39.9 Å². The lowest BCUT2D eigenvalue weighted by atomic mass is 10.2. The van der Waals surface area contributed by atoms with Gasteiger partial charge in [-0.05, 0) is 32.0 Å². The normalized spacial score (nSPS) is 10.3. The molecule has 0 aliphatic heterocycles. The molecule has 1 aromatic heterocycles. The average molecular weight is 332 g/mol. The van der Waals surface area contributed by atoms with Crippen molar-refractivity contribution in [2.24, 2.45) is 0 Å². The number of thiophene rings is 1. The van der Waals surface area contributed by atoms with Gasteiger partial charge in [0, 0.05) is 16.9 Å². The van der Waals surface area contributed by atoms with Crippen LogP contribution in [0.3, 0.4) is 0 Å². The highest BCUT2D eigenvalue weighted by molar-refractivity contribution is 7.14. The number of aryl methyl sites for hydroxylation is 1. The monoisotopic (exact) mass is 332 g/mol. The maximum Gasteiger partial charge on any atom is 0.306 e. The quantitative estimate of drug-likeness (QED) is 0.538. The molecule has 5 heteroatoms. The smallest absolute Gasteiger partial charge is 0.306 e. The lowest BCUT2D eigenvalue weighted by molar-refractivity contribution is -0.144. The van der Waals surface area contributed by atoms with E-state index in [0.29, 0.717) is 17.2 Å². The molecule has 0 spiro atoms. The number of para-hydroxylation sites is 1. The van der Waals surface area contributed by atoms with Crippen LogP contribution in [-0.4, -0.2) is 18.4 Å². The van der Waals surface area contributed by atoms with Crippen LogP contribution in [-0.2, 0) is 16.1 Å². The van der Waals surface area contributed by atoms with Crippen molar-refractivity contribution < 1.29 is 19.1 Å². The number of esters is 1. The van der Waals surface area contributed by atoms with Gasteiger partial charge in [-0.25, -0.2) is 0 Å². The van der Waals surface area contributed by atoms with Gasteiger partial charge in [0.05, 0.1) is 17.9 Å². The Hall–Kier alpha value is -2.14. The Labute approximate surface area is 140 Å². The lowest BCUT2D eigenvalue weighted by Gasteiger charge is -2.10. The van der Waals surface area contributed by atoms with E-state index in [1.165, 1.54) is 11.3 Å². The summed E-state index contributed by atoms with van der Waals surface area (Å²) in [4.78, 5) is 25.6. The highest BCUT2D eigenvalue weighted by atomic mass is 32.1. The first-order valence-corrected chi connectivity index (χ1v) is 8.37. The number of carbonyl (C=O) groups excluding carboxylic acids is 2. The summed E-state index contributed by atoms with van der Waals surface area (Å²) in [5.74, 6) is 0.320. The van der Waals surface area contributed by atoms with Gasteiger partial charge in [-0.1, -0.05) is 18.2 Å². The molecule has 0 bridgehead atoms. The third-order valence-corrected chi connectivity index (χ3v) is 4.27. The van der Waals surface area contributed by atoms with Gasteiger partial charge in [-0.2, -0.15) is 0 Å². The van der Waals surface area contributed by atoms with Crippen molar-refractivity contribution in [3.05, 3.63) is 51.7 Å². The zero-order valence-electron chi connectivity index (χ0n) is 13.3. The molecule has 2 aromatic rings. The lowest BCUT2D eigenvalue weighted by Crippen LogP contribution is -2.08. The van der Waals surface area contributed by atoms with Crippen molar-refractivity contribution in [2.75, 3.05) is 6.61 Å². The Bertz CT molecular complexity index is 675. The molecule has 1 heterocycles. The van der Waals surface area contributed by atoms with E-state index in [-0.39, 0.29) is 31.2 Å². The SMILES string of the molecule is CCOc1ccccc1COC(=O)CCC(=O)c1ccc(C)s1. The Balaban J connectivity index is 1.80. The summed E-state index contributed by atoms with van der Waals surface area (Å²) in [5.41, 5.74) is 0.822. The molecule has 122 valence electrons. The van der Waals surface area contributed by atoms with Gasteiger partial charge >= 0.3 is 5.97 Å². The number of carbonyl (C=O) groups is 2. The van der Waals surface area contributed by atoms with Gasteiger partial charge in [0.1, 0.15) is 12.4 Å². The van der Waals surface area contributed by atoms with Gasteiger partial charge in [0.25, 0.3) is 0 Å². The molecule has 2 rings (SSSR count). The van der Waals surface area contributed by atoms with Gasteiger partial charge in [-0.15, -0.1) is 11.3 Å². The minimum Gasteiger partial charge on any atom is -0.493 e. The minimum absolute atomic E-state index is 0.0187. The van der Waals surface area contributed by atoms with E-state index in [4.69, 9.17) is 9.47 Å². The zero-order valence-corrected chi connectivity index (χ0v) is 14.2. The maximum atomic E-state index is 12.0. The summed E-state index contributed by atoms with van der Waals surface area (Å²) in [6, 6.07) is 11.1. The van der Waals surface area contributed by atoms with Crippen LogP contribution in [0, 0.1) is 6.92 Å². The van der Waals surface area contributed by atoms with Gasteiger partial charge in [-0.3, -0.25) is 9.59 Å². The van der Waals surface area contributed by atoms with Crippen LogP contribution in [0.2, 0.25) is 0 Å². The van der Waals surface area contributed by atoms with Gasteiger partial charge in [0.15, 0.2) is 5.78 Å². The number of rotatable bonds is 8. The summed E-state index contributed by atoms with van der Waals surface area (Å²) in [5, 5.41) is 0. The van der Waals surface area contributed by atoms with Crippen LogP contribution in [0.4, 0.5) is 0 Å². The molecule has 0 radical (unpaired) electrons. The van der Waals surface area contributed by atoms with E-state index in [1.807, 2.05) is 44.2 Å². The number of ether oxygens (including phenoxy) is 2. The second-order valence-corrected chi connectivity index (χ2v) is 6.32. The standard InChI is InChI=1S/C18H20O4S/c1-3-21-16-7-5-4-6-14(16)12-22-18(20)11-9-15(19)17-10-8-13(2)23-17/h4-8,10H,3,9,11-12H2,1-2H3. The largest absolute Gasteiger partial charge is 0.493 e. The van der Waals surface area contributed by atoms with Crippen LogP contribution in [0.25, 0.3) is 0 Å². The van der Waals surface area contributed by atoms with Gasteiger partial charge in [0.2, 0.25) is 0 Å². The molecule has 0 saturated carbocycles. The predicted octanol–water partition coefficient (Wildman–Crippen LogP) is 4.16. The minimum atomic E-state index is -0.377. The van der Waals surface area contributed by atoms with E-state index >= 15 is 0 Å². The molecular formula is C18H20O4S. The number of hydrogen-bond acceptors (Lipinski definition) is 5. The fourth-order valence-electron chi connectivity index (χ4n) is 2.07. The fraction of sp³-hybridized carbons (Fsp3) is 0.333. The molecular weight excluding hydrogens is 312 g/mol. The van der Waals surface area contributed by atoms with Crippen LogP contribution >= 0.6 is 11.3 Å². The summed E-state index contributed by atoms with van der Waals surface area (Å²) in [7, 11) is 0. The summed E-state index contributed by atoms with van der Waals surface area (Å²) in [6.45, 7) is 4.56. The first kappa shape index (κ1) is 17.2. The van der Waals surface area contributed by atoms with Crippen molar-refractivity contribution >= 4 is 23.1 Å².